The standard InChI is InChI=1S/C23H17N2.Ir/c1-15-8-7-9-16(2)22(15)25-14-24-21-19-12-5-3-10-17(19)18-11-4-6-13-20(18)23(21)25;/h3-11,13-14H,1-2H3;/q-1;/i3D,4D,5D,6D,7D,8D,9D,10D,11D,13D,14D;. The number of imidazole rings is 1. The Bertz CT molecular complexity index is 1800. The zero-order chi connectivity index (χ0) is 26.5. The Morgan fingerprint density at radius 3 is 2.35 bits per heavy atom. The van der Waals surface area contributed by atoms with Gasteiger partial charge in [-0.2, -0.15) is 0 Å². The summed E-state index contributed by atoms with van der Waals surface area (Å²) in [4.78, 5) is 4.32. The first-order chi connectivity index (χ1) is 16.8. The van der Waals surface area contributed by atoms with Crippen LogP contribution in [-0.2, 0) is 20.1 Å². The summed E-state index contributed by atoms with van der Waals surface area (Å²) in [5, 5.41) is -0.0674. The normalized spacial score (nSPS) is 17.1. The van der Waals surface area contributed by atoms with Crippen LogP contribution < -0.4 is 0 Å². The molecule has 0 aliphatic rings. The summed E-state index contributed by atoms with van der Waals surface area (Å²) >= 11 is 0. The number of nitrogens with zero attached hydrogens (tertiary/aromatic N) is 2. The largest absolute Gasteiger partial charge is 0.307 e. The van der Waals surface area contributed by atoms with E-state index in [0.717, 1.165) is 0 Å². The average molecular weight is 525 g/mol. The zero-order valence-corrected chi connectivity index (χ0v) is 16.1. The predicted octanol–water partition coefficient (Wildman–Crippen LogP) is 5.75. The maximum Gasteiger partial charge on any atom is 0.104 e. The maximum atomic E-state index is 8.69. The first kappa shape index (κ1) is 8.47. The fraction of sp³-hybridized carbons (Fsp3) is 0.0870. The summed E-state index contributed by atoms with van der Waals surface area (Å²) in [6.45, 7) is 3.13. The maximum absolute atomic E-state index is 8.69. The molecule has 1 aromatic heterocycles. The quantitative estimate of drug-likeness (QED) is 0.202. The number of benzene rings is 4. The number of hydrogen-bond donors (Lipinski definition) is 0. The number of para-hydroxylation sites is 1. The summed E-state index contributed by atoms with van der Waals surface area (Å²) in [6, 6.07) is -1.26. The van der Waals surface area contributed by atoms with Crippen molar-refractivity contribution in [2.75, 3.05) is 0 Å². The molecule has 0 aliphatic carbocycles. The van der Waals surface area contributed by atoms with Crippen LogP contribution in [0.15, 0.2) is 66.7 Å². The summed E-state index contributed by atoms with van der Waals surface area (Å²) < 4.78 is 93.2. The molecular weight excluding hydrogens is 496 g/mol. The molecule has 2 nitrogen and oxygen atoms in total. The second-order valence-corrected chi connectivity index (χ2v) is 5.72. The fourth-order valence-electron chi connectivity index (χ4n) is 3.18. The van der Waals surface area contributed by atoms with Crippen molar-refractivity contribution in [2.45, 2.75) is 13.8 Å². The van der Waals surface area contributed by atoms with E-state index in [9.17, 15) is 0 Å². The van der Waals surface area contributed by atoms with Crippen LogP contribution in [0.4, 0.5) is 0 Å². The Labute approximate surface area is 181 Å². The van der Waals surface area contributed by atoms with Gasteiger partial charge in [0.25, 0.3) is 0 Å². The van der Waals surface area contributed by atoms with Crippen LogP contribution in [0, 0.1) is 19.9 Å². The summed E-state index contributed by atoms with van der Waals surface area (Å²) in [5.41, 5.74) is 0.897. The molecule has 1 heterocycles. The van der Waals surface area contributed by atoms with E-state index in [1.54, 1.807) is 13.8 Å². The Kier molecular flexibility index (Phi) is 2.07. The van der Waals surface area contributed by atoms with E-state index in [4.69, 9.17) is 15.1 Å². The minimum absolute atomic E-state index is 0. The second-order valence-electron chi connectivity index (χ2n) is 5.72. The van der Waals surface area contributed by atoms with Gasteiger partial charge < -0.3 is 4.57 Å². The Morgan fingerprint density at radius 1 is 0.885 bits per heavy atom. The molecule has 0 saturated carbocycles. The topological polar surface area (TPSA) is 17.8 Å². The summed E-state index contributed by atoms with van der Waals surface area (Å²) in [6.07, 6.45) is -0.365. The van der Waals surface area contributed by atoms with Gasteiger partial charge in [0, 0.05) is 33.9 Å². The molecule has 0 saturated heterocycles. The average Bonchev–Trinajstić information content (AvgIpc) is 3.18. The minimum Gasteiger partial charge on any atom is -0.307 e. The van der Waals surface area contributed by atoms with Crippen molar-refractivity contribution in [3.05, 3.63) is 83.9 Å². The third kappa shape index (κ3) is 2.32. The van der Waals surface area contributed by atoms with Gasteiger partial charge in [0.15, 0.2) is 0 Å². The van der Waals surface area contributed by atoms with Gasteiger partial charge in [-0.3, -0.25) is 4.98 Å². The van der Waals surface area contributed by atoms with Crippen LogP contribution in [0.1, 0.15) is 26.2 Å². The van der Waals surface area contributed by atoms with Crippen molar-refractivity contribution >= 4 is 32.6 Å². The monoisotopic (exact) mass is 525 g/mol. The van der Waals surface area contributed by atoms with E-state index in [1.165, 1.54) is 4.57 Å². The molecule has 5 aromatic rings. The third-order valence-corrected chi connectivity index (χ3v) is 4.24. The zero-order valence-electron chi connectivity index (χ0n) is 24.7. The van der Waals surface area contributed by atoms with Gasteiger partial charge >= 0.3 is 0 Å². The second kappa shape index (κ2) is 6.35. The number of rotatable bonds is 1. The molecule has 5 rings (SSSR count). The van der Waals surface area contributed by atoms with Crippen LogP contribution in [0.25, 0.3) is 38.3 Å². The predicted molar refractivity (Wildman–Crippen MR) is 104 cm³/mol. The third-order valence-electron chi connectivity index (χ3n) is 4.24. The molecule has 0 N–H and O–H groups in total. The van der Waals surface area contributed by atoms with Crippen molar-refractivity contribution in [1.29, 1.82) is 0 Å². The van der Waals surface area contributed by atoms with E-state index in [-0.39, 0.29) is 93.9 Å². The molecule has 0 bridgehead atoms. The SMILES string of the molecule is [2H]c1[c-]c2c3nc([2H])n(-c4c(C)c([2H])c([2H])c([2H])c4C)c3c3c([2H])c([2H])c([2H])c([2H])c3c2c([2H])c1[2H].[Ir]. The first-order valence-electron chi connectivity index (χ1n) is 13.1. The number of hydrogen-bond acceptors (Lipinski definition) is 1. The van der Waals surface area contributed by atoms with E-state index in [0.29, 0.717) is 0 Å². The molecule has 26 heavy (non-hydrogen) atoms. The van der Waals surface area contributed by atoms with E-state index >= 15 is 0 Å². The van der Waals surface area contributed by atoms with E-state index in [2.05, 4.69) is 11.1 Å². The molecule has 129 valence electrons. The number of fused-ring (bicyclic) bond motifs is 6. The van der Waals surface area contributed by atoms with Gasteiger partial charge in [0.2, 0.25) is 0 Å². The molecular formula is C23H17IrN2-. The van der Waals surface area contributed by atoms with E-state index < -0.39 is 42.3 Å². The smallest absolute Gasteiger partial charge is 0.104 e. The van der Waals surface area contributed by atoms with Crippen molar-refractivity contribution in [3.8, 4) is 5.69 Å². The molecule has 4 aromatic carbocycles. The van der Waals surface area contributed by atoms with Crippen LogP contribution in [0.2, 0.25) is 0 Å². The Morgan fingerprint density at radius 2 is 1.58 bits per heavy atom. The van der Waals surface area contributed by atoms with Crippen molar-refractivity contribution in [1.82, 2.24) is 9.55 Å². The fourth-order valence-corrected chi connectivity index (χ4v) is 3.18. The molecule has 0 amide bonds. The summed E-state index contributed by atoms with van der Waals surface area (Å²) in [7, 11) is 0. The van der Waals surface area contributed by atoms with Gasteiger partial charge in [-0.05, 0) is 31.7 Å². The molecule has 0 fully saturated rings. The van der Waals surface area contributed by atoms with Gasteiger partial charge in [0.1, 0.15) is 1.37 Å². The van der Waals surface area contributed by atoms with Crippen molar-refractivity contribution in [3.63, 3.8) is 0 Å². The Hall–Kier alpha value is -2.48. The minimum atomic E-state index is -0.543. The van der Waals surface area contributed by atoms with Crippen LogP contribution in [-0.4, -0.2) is 9.55 Å². The van der Waals surface area contributed by atoms with Crippen LogP contribution in [0.5, 0.6) is 0 Å². The van der Waals surface area contributed by atoms with Gasteiger partial charge in [0.05, 0.1) is 21.6 Å². The van der Waals surface area contributed by atoms with Gasteiger partial charge in [-0.15, -0.1) is 29.6 Å². The number of aromatic nitrogens is 2. The van der Waals surface area contributed by atoms with E-state index in [1.807, 2.05) is 0 Å². The van der Waals surface area contributed by atoms with Crippen LogP contribution >= 0.6 is 0 Å². The van der Waals surface area contributed by atoms with Crippen molar-refractivity contribution in [2.24, 2.45) is 0 Å². The molecule has 0 aliphatic heterocycles. The molecule has 1 radical (unpaired) electrons. The van der Waals surface area contributed by atoms with Gasteiger partial charge in [-0.1, -0.05) is 53.1 Å². The molecule has 3 heteroatoms. The van der Waals surface area contributed by atoms with Crippen LogP contribution in [0.3, 0.4) is 0 Å². The summed E-state index contributed by atoms with van der Waals surface area (Å²) in [5.74, 6) is 0. The first-order valence-corrected chi connectivity index (χ1v) is 7.62. The molecule has 0 unspecified atom stereocenters. The molecule has 0 atom stereocenters. The van der Waals surface area contributed by atoms with Crippen molar-refractivity contribution < 1.29 is 35.2 Å². The Balaban J connectivity index is 0.00000320. The van der Waals surface area contributed by atoms with Gasteiger partial charge in [-0.25, -0.2) is 0 Å². The molecule has 0 spiro atoms.